The number of hydrogen-bond acceptors (Lipinski definition) is 8. The molecule has 11 nitrogen and oxygen atoms in total. The van der Waals surface area contributed by atoms with E-state index in [0.29, 0.717) is 29.4 Å². The molecule has 1 aliphatic heterocycles. The van der Waals surface area contributed by atoms with Gasteiger partial charge in [0.2, 0.25) is 5.88 Å². The second kappa shape index (κ2) is 13.7. The monoisotopic (exact) mass is 515 g/mol. The third-order valence-corrected chi connectivity index (χ3v) is 5.18. The van der Waals surface area contributed by atoms with Gasteiger partial charge >= 0.3 is 11.9 Å². The number of aromatic nitrogens is 1. The van der Waals surface area contributed by atoms with Crippen LogP contribution in [0.1, 0.15) is 17.3 Å². The second-order valence-electron chi connectivity index (χ2n) is 6.96. The summed E-state index contributed by atoms with van der Waals surface area (Å²) in [6, 6.07) is 1.81. The number of carbonyl (C=O) groups is 3. The molecule has 1 fully saturated rings. The molecule has 0 aromatic carbocycles. The van der Waals surface area contributed by atoms with Gasteiger partial charge in [0, 0.05) is 45.4 Å². The van der Waals surface area contributed by atoms with Gasteiger partial charge in [-0.1, -0.05) is 6.92 Å². The number of nitrogens with one attached hydrogen (secondary N) is 2. The maximum Gasteiger partial charge on any atom is 0.328 e. The minimum absolute atomic E-state index is 0.0670. The van der Waals surface area contributed by atoms with Crippen LogP contribution in [-0.4, -0.2) is 103 Å². The zero-order valence-corrected chi connectivity index (χ0v) is 20.2. The van der Waals surface area contributed by atoms with Gasteiger partial charge in [0.1, 0.15) is 11.4 Å². The van der Waals surface area contributed by atoms with E-state index in [1.54, 1.807) is 13.1 Å². The van der Waals surface area contributed by atoms with Crippen molar-refractivity contribution in [2.75, 3.05) is 59.2 Å². The summed E-state index contributed by atoms with van der Waals surface area (Å²) in [6.07, 6.45) is 1.12. The summed E-state index contributed by atoms with van der Waals surface area (Å²) in [5, 5.41) is 21.7. The van der Waals surface area contributed by atoms with Gasteiger partial charge < -0.3 is 35.4 Å². The Balaban J connectivity index is 0.000000547. The van der Waals surface area contributed by atoms with Gasteiger partial charge in [0.15, 0.2) is 0 Å². The summed E-state index contributed by atoms with van der Waals surface area (Å²) >= 11 is 3.43. The van der Waals surface area contributed by atoms with E-state index in [-0.39, 0.29) is 11.9 Å². The smallest absolute Gasteiger partial charge is 0.328 e. The molecule has 0 aliphatic carbocycles. The highest BCUT2D eigenvalue weighted by Crippen LogP contribution is 2.27. The first-order valence-corrected chi connectivity index (χ1v) is 10.7. The van der Waals surface area contributed by atoms with E-state index >= 15 is 0 Å². The van der Waals surface area contributed by atoms with Gasteiger partial charge in [-0.05, 0) is 35.6 Å². The number of aliphatic carboxylic acids is 2. The fraction of sp³-hybridized carbons (Fsp3) is 0.500. The van der Waals surface area contributed by atoms with Gasteiger partial charge in [-0.15, -0.1) is 0 Å². The average molecular weight is 516 g/mol. The Hall–Kier alpha value is -2.70. The first kappa shape index (κ1) is 27.3. The third kappa shape index (κ3) is 9.20. The second-order valence-corrected chi connectivity index (χ2v) is 7.82. The molecule has 2 rings (SSSR count). The molecule has 1 saturated heterocycles. The van der Waals surface area contributed by atoms with Crippen molar-refractivity contribution in [2.24, 2.45) is 0 Å². The van der Waals surface area contributed by atoms with Crippen molar-refractivity contribution in [3.05, 3.63) is 28.3 Å². The number of likely N-dealkylation sites (N-methyl/N-ethyl adjacent to an activating group) is 2. The summed E-state index contributed by atoms with van der Waals surface area (Å²) < 4.78 is 6.01. The fourth-order valence-electron chi connectivity index (χ4n) is 2.99. The molecule has 1 aromatic heterocycles. The number of pyridine rings is 1. The number of amides is 1. The Bertz CT molecular complexity index is 819. The van der Waals surface area contributed by atoms with E-state index in [4.69, 9.17) is 14.9 Å². The number of rotatable bonds is 7. The predicted octanol–water partition coefficient (Wildman–Crippen LogP) is 0.972. The maximum atomic E-state index is 12.7. The number of ether oxygens (including phenoxy) is 1. The van der Waals surface area contributed by atoms with E-state index < -0.39 is 11.9 Å². The number of carboxylic acid groups (broad SMARTS) is 2. The van der Waals surface area contributed by atoms with Crippen molar-refractivity contribution in [2.45, 2.75) is 13.0 Å². The molecule has 1 atom stereocenters. The molecule has 0 saturated carbocycles. The molecular weight excluding hydrogens is 486 g/mol. The third-order valence-electron chi connectivity index (χ3n) is 4.58. The van der Waals surface area contributed by atoms with Crippen LogP contribution in [0.2, 0.25) is 0 Å². The first-order chi connectivity index (χ1) is 15.1. The highest BCUT2D eigenvalue weighted by atomic mass is 79.9. The highest BCUT2D eigenvalue weighted by Gasteiger charge is 2.24. The molecule has 32 heavy (non-hydrogen) atoms. The van der Waals surface area contributed by atoms with Gasteiger partial charge in [0.25, 0.3) is 5.91 Å². The number of carboxylic acids is 2. The normalized spacial score (nSPS) is 17.1. The molecule has 2 heterocycles. The van der Waals surface area contributed by atoms with Crippen LogP contribution in [0.4, 0.5) is 5.82 Å². The minimum atomic E-state index is -1.26. The lowest BCUT2D eigenvalue weighted by atomic mass is 10.2. The van der Waals surface area contributed by atoms with E-state index in [1.165, 1.54) is 7.11 Å². The molecule has 1 amide bonds. The summed E-state index contributed by atoms with van der Waals surface area (Å²) in [4.78, 5) is 40.8. The van der Waals surface area contributed by atoms with Gasteiger partial charge in [-0.3, -0.25) is 4.79 Å². The number of methoxy groups -OCH3 is 1. The molecule has 0 spiro atoms. The quantitative estimate of drug-likeness (QED) is 0.387. The maximum absolute atomic E-state index is 12.7. The van der Waals surface area contributed by atoms with Crippen LogP contribution in [0.25, 0.3) is 0 Å². The van der Waals surface area contributed by atoms with Crippen molar-refractivity contribution in [3.63, 3.8) is 0 Å². The molecule has 4 N–H and O–H groups in total. The van der Waals surface area contributed by atoms with Crippen LogP contribution in [-0.2, 0) is 9.59 Å². The minimum Gasteiger partial charge on any atom is -0.480 e. The van der Waals surface area contributed by atoms with E-state index in [9.17, 15) is 14.4 Å². The largest absolute Gasteiger partial charge is 0.480 e. The lowest BCUT2D eigenvalue weighted by molar-refractivity contribution is -0.134. The topological polar surface area (TPSA) is 144 Å². The van der Waals surface area contributed by atoms with E-state index in [1.807, 2.05) is 0 Å². The van der Waals surface area contributed by atoms with Crippen LogP contribution in [0.15, 0.2) is 22.7 Å². The van der Waals surface area contributed by atoms with Gasteiger partial charge in [-0.25, -0.2) is 9.59 Å². The zero-order chi connectivity index (χ0) is 24.3. The first-order valence-electron chi connectivity index (χ1n) is 9.89. The van der Waals surface area contributed by atoms with Crippen molar-refractivity contribution >= 4 is 39.6 Å². The molecule has 0 unspecified atom stereocenters. The van der Waals surface area contributed by atoms with Crippen LogP contribution < -0.4 is 15.4 Å². The van der Waals surface area contributed by atoms with Crippen LogP contribution in [0, 0.1) is 0 Å². The summed E-state index contributed by atoms with van der Waals surface area (Å²) in [5.41, 5.74) is 0.429. The van der Waals surface area contributed by atoms with Crippen molar-refractivity contribution in [1.82, 2.24) is 20.1 Å². The zero-order valence-electron chi connectivity index (χ0n) is 18.6. The van der Waals surface area contributed by atoms with E-state index in [0.717, 1.165) is 37.2 Å². The molecular formula is C20H30BrN5O6. The molecule has 1 aliphatic rings. The summed E-state index contributed by atoms with van der Waals surface area (Å²) in [7, 11) is 5.37. The Labute approximate surface area is 195 Å². The van der Waals surface area contributed by atoms with Gasteiger partial charge in [-0.2, -0.15) is 4.98 Å². The number of nitrogens with zero attached hydrogens (tertiary/aromatic N) is 3. The predicted molar refractivity (Wildman–Crippen MR) is 123 cm³/mol. The highest BCUT2D eigenvalue weighted by molar-refractivity contribution is 9.10. The lowest BCUT2D eigenvalue weighted by Crippen LogP contribution is -2.46. The van der Waals surface area contributed by atoms with Crippen LogP contribution >= 0.6 is 15.9 Å². The summed E-state index contributed by atoms with van der Waals surface area (Å²) in [5.74, 6) is -1.73. The molecule has 0 radical (unpaired) electrons. The molecule has 12 heteroatoms. The molecule has 1 aromatic rings. The average Bonchev–Trinajstić information content (AvgIpc) is 2.92. The standard InChI is InChI=1S/C16H26BrN5O2.C4H4O4/c1-5-22-7-6-21(3)9-11(10-22)19-15(23)12-8-13(17)14(18-2)20-16(12)24-4;5-3(6)1-2-4(7)8/h8,11H,5-7,9-10H2,1-4H3,(H,18,20)(H,19,23);1-2H,(H,5,6)(H,7,8)/b;2-1+/t11-;/m1./s1. The van der Waals surface area contributed by atoms with Crippen molar-refractivity contribution in [3.8, 4) is 5.88 Å². The van der Waals surface area contributed by atoms with Crippen LogP contribution in [0.3, 0.4) is 0 Å². The Morgan fingerprint density at radius 1 is 1.25 bits per heavy atom. The molecule has 178 valence electrons. The van der Waals surface area contributed by atoms with E-state index in [2.05, 4.69) is 55.3 Å². The molecule has 0 bridgehead atoms. The SMILES string of the molecule is CCN1CCN(C)C[C@@H](NC(=O)c2cc(Br)c(NC)nc2OC)C1.O=C(O)/C=C/C(=O)O. The lowest BCUT2D eigenvalue weighted by Gasteiger charge is -2.24. The number of halogens is 1. The Morgan fingerprint density at radius 2 is 1.88 bits per heavy atom. The summed E-state index contributed by atoms with van der Waals surface area (Å²) in [6.45, 7) is 6.82. The van der Waals surface area contributed by atoms with Crippen molar-refractivity contribution < 1.29 is 29.3 Å². The number of anilines is 1. The Morgan fingerprint density at radius 3 is 2.38 bits per heavy atom. The fourth-order valence-corrected chi connectivity index (χ4v) is 3.51. The van der Waals surface area contributed by atoms with Crippen molar-refractivity contribution in [1.29, 1.82) is 0 Å². The van der Waals surface area contributed by atoms with Crippen LogP contribution in [0.5, 0.6) is 5.88 Å². The number of hydrogen-bond donors (Lipinski definition) is 4. The van der Waals surface area contributed by atoms with Gasteiger partial charge in [0.05, 0.1) is 17.6 Å². The Kier molecular flexibility index (Phi) is 11.7. The number of carbonyl (C=O) groups excluding carboxylic acids is 1.